The van der Waals surface area contributed by atoms with Crippen molar-refractivity contribution in [3.8, 4) is 0 Å². The standard InChI is InChI=1S/C17H19FN4O/c1-23-16-10-22(9-13(16)18)12-4-5-14-15(7-12)20-8-11-3-2-6-19-17(11)21-14/h2-7,13,16,20H,8-10H2,1H3,(H,19,21). The maximum absolute atomic E-state index is 13.9. The Balaban J connectivity index is 1.60. The molecule has 23 heavy (non-hydrogen) atoms. The van der Waals surface area contributed by atoms with Gasteiger partial charge in [0, 0.05) is 37.6 Å². The minimum absolute atomic E-state index is 0.353. The van der Waals surface area contributed by atoms with Crippen molar-refractivity contribution in [2.24, 2.45) is 0 Å². The first kappa shape index (κ1) is 14.3. The first-order valence-corrected chi connectivity index (χ1v) is 7.75. The molecule has 1 aromatic heterocycles. The van der Waals surface area contributed by atoms with Gasteiger partial charge in [-0.05, 0) is 24.3 Å². The van der Waals surface area contributed by atoms with Crippen LogP contribution in [0.1, 0.15) is 5.56 Å². The van der Waals surface area contributed by atoms with Crippen molar-refractivity contribution in [3.05, 3.63) is 42.1 Å². The molecule has 2 aromatic rings. The van der Waals surface area contributed by atoms with Crippen LogP contribution in [0.15, 0.2) is 36.5 Å². The molecule has 120 valence electrons. The Kier molecular flexibility index (Phi) is 3.53. The Morgan fingerprint density at radius 1 is 1.26 bits per heavy atom. The number of anilines is 4. The fourth-order valence-corrected chi connectivity index (χ4v) is 3.16. The molecule has 0 aliphatic carbocycles. The van der Waals surface area contributed by atoms with E-state index in [4.69, 9.17) is 4.74 Å². The molecule has 1 aromatic carbocycles. The van der Waals surface area contributed by atoms with Gasteiger partial charge in [0.2, 0.25) is 0 Å². The molecule has 0 radical (unpaired) electrons. The quantitative estimate of drug-likeness (QED) is 0.892. The van der Waals surface area contributed by atoms with Crippen LogP contribution < -0.4 is 15.5 Å². The Labute approximate surface area is 134 Å². The number of methoxy groups -OCH3 is 1. The number of aromatic nitrogens is 1. The summed E-state index contributed by atoms with van der Waals surface area (Å²) in [7, 11) is 1.56. The van der Waals surface area contributed by atoms with Crippen LogP contribution in [-0.2, 0) is 11.3 Å². The molecule has 0 spiro atoms. The lowest BCUT2D eigenvalue weighted by molar-refractivity contribution is 0.0650. The topological polar surface area (TPSA) is 49.4 Å². The number of halogens is 1. The summed E-state index contributed by atoms with van der Waals surface area (Å²) in [5.41, 5.74) is 4.09. The summed E-state index contributed by atoms with van der Waals surface area (Å²) >= 11 is 0. The highest BCUT2D eigenvalue weighted by Crippen LogP contribution is 2.35. The lowest BCUT2D eigenvalue weighted by Crippen LogP contribution is -2.22. The third-order valence-corrected chi connectivity index (χ3v) is 4.48. The lowest BCUT2D eigenvalue weighted by Gasteiger charge is -2.20. The van der Waals surface area contributed by atoms with E-state index in [9.17, 15) is 4.39 Å². The van der Waals surface area contributed by atoms with E-state index in [-0.39, 0.29) is 6.10 Å². The summed E-state index contributed by atoms with van der Waals surface area (Å²) in [5.74, 6) is 0.871. The predicted octanol–water partition coefficient (Wildman–Crippen LogP) is 2.92. The minimum Gasteiger partial charge on any atom is -0.379 e. The van der Waals surface area contributed by atoms with Gasteiger partial charge in [-0.1, -0.05) is 6.07 Å². The highest BCUT2D eigenvalue weighted by Gasteiger charge is 2.33. The Bertz CT molecular complexity index is 723. The molecule has 1 fully saturated rings. The number of alkyl halides is 1. The molecule has 2 aliphatic rings. The molecule has 0 amide bonds. The highest BCUT2D eigenvalue weighted by atomic mass is 19.1. The van der Waals surface area contributed by atoms with Gasteiger partial charge in [-0.2, -0.15) is 0 Å². The molecule has 1 saturated heterocycles. The van der Waals surface area contributed by atoms with E-state index in [1.807, 2.05) is 29.2 Å². The average molecular weight is 314 g/mol. The summed E-state index contributed by atoms with van der Waals surface area (Å²) in [6, 6.07) is 10.0. The molecule has 5 nitrogen and oxygen atoms in total. The van der Waals surface area contributed by atoms with Crippen molar-refractivity contribution in [2.45, 2.75) is 18.8 Å². The first-order chi connectivity index (χ1) is 11.2. The summed E-state index contributed by atoms with van der Waals surface area (Å²) in [6.45, 7) is 1.65. The smallest absolute Gasteiger partial charge is 0.145 e. The Hall–Kier alpha value is -2.34. The third kappa shape index (κ3) is 2.59. The van der Waals surface area contributed by atoms with Gasteiger partial charge in [0.25, 0.3) is 0 Å². The van der Waals surface area contributed by atoms with Crippen LogP contribution in [0.2, 0.25) is 0 Å². The molecule has 4 rings (SSSR count). The monoisotopic (exact) mass is 314 g/mol. The second-order valence-electron chi connectivity index (χ2n) is 5.91. The van der Waals surface area contributed by atoms with Crippen LogP contribution >= 0.6 is 0 Å². The normalized spacial score (nSPS) is 22.6. The van der Waals surface area contributed by atoms with E-state index in [1.165, 1.54) is 0 Å². The summed E-state index contributed by atoms with van der Waals surface area (Å²) in [6.07, 6.45) is 0.480. The van der Waals surface area contributed by atoms with Crippen LogP contribution in [0, 0.1) is 0 Å². The molecule has 0 saturated carbocycles. The van der Waals surface area contributed by atoms with Crippen LogP contribution in [0.25, 0.3) is 0 Å². The van der Waals surface area contributed by atoms with Gasteiger partial charge in [-0.25, -0.2) is 9.37 Å². The molecule has 6 heteroatoms. The number of hydrogen-bond acceptors (Lipinski definition) is 5. The van der Waals surface area contributed by atoms with Crippen molar-refractivity contribution in [3.63, 3.8) is 0 Å². The molecule has 2 aliphatic heterocycles. The van der Waals surface area contributed by atoms with E-state index in [0.29, 0.717) is 19.6 Å². The van der Waals surface area contributed by atoms with E-state index in [0.717, 1.165) is 28.4 Å². The molecule has 0 bridgehead atoms. The maximum Gasteiger partial charge on any atom is 0.145 e. The number of pyridine rings is 1. The fourth-order valence-electron chi connectivity index (χ4n) is 3.16. The maximum atomic E-state index is 13.9. The van der Waals surface area contributed by atoms with Gasteiger partial charge < -0.3 is 20.3 Å². The zero-order valence-corrected chi connectivity index (χ0v) is 12.9. The SMILES string of the molecule is COC1CN(c2ccc3c(c2)NCc2cccnc2N3)CC1F. The molecular weight excluding hydrogens is 295 g/mol. The van der Waals surface area contributed by atoms with Gasteiger partial charge >= 0.3 is 0 Å². The number of ether oxygens (including phenoxy) is 1. The average Bonchev–Trinajstić information content (AvgIpc) is 2.85. The van der Waals surface area contributed by atoms with E-state index < -0.39 is 6.17 Å². The molecule has 2 unspecified atom stereocenters. The molecule has 2 atom stereocenters. The van der Waals surface area contributed by atoms with E-state index >= 15 is 0 Å². The second kappa shape index (κ2) is 5.70. The van der Waals surface area contributed by atoms with Crippen LogP contribution in [0.4, 0.5) is 27.3 Å². The van der Waals surface area contributed by atoms with E-state index in [2.05, 4.69) is 21.7 Å². The number of fused-ring (bicyclic) bond motifs is 2. The van der Waals surface area contributed by atoms with Crippen LogP contribution in [0.5, 0.6) is 0 Å². The zero-order valence-electron chi connectivity index (χ0n) is 12.9. The van der Waals surface area contributed by atoms with Gasteiger partial charge in [-0.15, -0.1) is 0 Å². The van der Waals surface area contributed by atoms with Crippen molar-refractivity contribution >= 4 is 22.9 Å². The van der Waals surface area contributed by atoms with Crippen LogP contribution in [0.3, 0.4) is 0 Å². The molecule has 2 N–H and O–H groups in total. The van der Waals surface area contributed by atoms with Gasteiger partial charge in [0.05, 0.1) is 17.9 Å². The molecule has 3 heterocycles. The van der Waals surface area contributed by atoms with Crippen molar-refractivity contribution in [1.29, 1.82) is 0 Å². The highest BCUT2D eigenvalue weighted by molar-refractivity contribution is 5.80. The Morgan fingerprint density at radius 3 is 3.00 bits per heavy atom. The zero-order chi connectivity index (χ0) is 15.8. The van der Waals surface area contributed by atoms with Crippen molar-refractivity contribution < 1.29 is 9.13 Å². The number of benzene rings is 1. The van der Waals surface area contributed by atoms with Crippen molar-refractivity contribution in [1.82, 2.24) is 4.98 Å². The Morgan fingerprint density at radius 2 is 2.17 bits per heavy atom. The minimum atomic E-state index is -0.946. The first-order valence-electron chi connectivity index (χ1n) is 7.75. The van der Waals surface area contributed by atoms with Crippen LogP contribution in [-0.4, -0.2) is 37.5 Å². The van der Waals surface area contributed by atoms with Gasteiger partial charge in [0.15, 0.2) is 0 Å². The fraction of sp³-hybridized carbons (Fsp3) is 0.353. The largest absolute Gasteiger partial charge is 0.379 e. The number of hydrogen-bond donors (Lipinski definition) is 2. The van der Waals surface area contributed by atoms with Crippen molar-refractivity contribution in [2.75, 3.05) is 35.7 Å². The second-order valence-corrected chi connectivity index (χ2v) is 5.91. The number of nitrogens with one attached hydrogen (secondary N) is 2. The summed E-state index contributed by atoms with van der Waals surface area (Å²) < 4.78 is 19.1. The number of nitrogens with zero attached hydrogens (tertiary/aromatic N) is 2. The predicted molar refractivity (Wildman–Crippen MR) is 89.2 cm³/mol. The summed E-state index contributed by atoms with van der Waals surface area (Å²) in [5, 5.41) is 6.79. The number of rotatable bonds is 2. The van der Waals surface area contributed by atoms with Gasteiger partial charge in [0.1, 0.15) is 18.1 Å². The van der Waals surface area contributed by atoms with E-state index in [1.54, 1.807) is 13.3 Å². The lowest BCUT2D eigenvalue weighted by atomic mass is 10.2. The molecular formula is C17H19FN4O. The third-order valence-electron chi connectivity index (χ3n) is 4.48. The van der Waals surface area contributed by atoms with Gasteiger partial charge in [-0.3, -0.25) is 0 Å². The summed E-state index contributed by atoms with van der Waals surface area (Å²) in [4.78, 5) is 6.41.